The predicted molar refractivity (Wildman–Crippen MR) is 313 cm³/mol. The molecule has 5 heterocycles. The zero-order valence-electron chi connectivity index (χ0n) is 40.2. The van der Waals surface area contributed by atoms with Gasteiger partial charge in [-0.1, -0.05) is 194 Å². The van der Waals surface area contributed by atoms with Gasteiger partial charge in [-0.25, -0.2) is 19.9 Å². The summed E-state index contributed by atoms with van der Waals surface area (Å²) in [6.07, 6.45) is 0. The Morgan fingerprint density at radius 3 is 1.60 bits per heavy atom. The number of fused-ring (bicyclic) bond motifs is 13. The molecule has 6 nitrogen and oxygen atoms in total. The van der Waals surface area contributed by atoms with Crippen LogP contribution in [0.15, 0.2) is 243 Å². The zero-order chi connectivity index (χ0) is 49.1. The highest BCUT2D eigenvalue weighted by Gasteiger charge is 2.23. The van der Waals surface area contributed by atoms with Crippen LogP contribution in [0.5, 0.6) is 0 Å². The maximum Gasteiger partial charge on any atom is 0.235 e. The van der Waals surface area contributed by atoms with Crippen LogP contribution in [0.3, 0.4) is 0 Å². The van der Waals surface area contributed by atoms with Crippen molar-refractivity contribution in [2.24, 2.45) is 0 Å². The van der Waals surface area contributed by atoms with Crippen LogP contribution in [0.1, 0.15) is 0 Å². The van der Waals surface area contributed by atoms with Gasteiger partial charge in [-0.2, -0.15) is 0 Å². The first-order chi connectivity index (χ1) is 37.2. The highest BCUT2D eigenvalue weighted by atomic mass is 32.1. The first-order valence-electron chi connectivity index (χ1n) is 25.3. The van der Waals surface area contributed by atoms with Gasteiger partial charge >= 0.3 is 0 Å². The van der Waals surface area contributed by atoms with Gasteiger partial charge in [0.05, 0.1) is 49.2 Å². The second-order valence-electron chi connectivity index (χ2n) is 19.4. The highest BCUT2D eigenvalue weighted by molar-refractivity contribution is 7.22. The molecule has 0 N–H and O–H groups in total. The maximum absolute atomic E-state index is 5.55. The number of rotatable bonds is 6. The van der Waals surface area contributed by atoms with Crippen LogP contribution in [-0.4, -0.2) is 29.1 Å². The molecule has 0 aliphatic rings. The maximum atomic E-state index is 5.55. The first-order valence-corrected chi connectivity index (χ1v) is 26.1. The normalized spacial score (nSPS) is 12.0. The lowest BCUT2D eigenvalue weighted by Crippen LogP contribution is -2.04. The molecule has 0 atom stereocenters. The lowest BCUT2D eigenvalue weighted by molar-refractivity contribution is 1.02. The quantitative estimate of drug-likeness (QED) is 0.156. The Hall–Kier alpha value is -9.82. The molecule has 0 saturated heterocycles. The van der Waals surface area contributed by atoms with Crippen molar-refractivity contribution < 1.29 is 0 Å². The fourth-order valence-corrected chi connectivity index (χ4v) is 12.7. The predicted octanol–water partition coefficient (Wildman–Crippen LogP) is 18.0. The summed E-state index contributed by atoms with van der Waals surface area (Å²) in [5.41, 5.74) is 13.3. The average molecular weight is 973 g/mol. The molecule has 0 aliphatic heterocycles. The summed E-state index contributed by atoms with van der Waals surface area (Å²) in [6.45, 7) is 0. The van der Waals surface area contributed by atoms with Gasteiger partial charge < -0.3 is 0 Å². The van der Waals surface area contributed by atoms with E-state index in [1.165, 1.54) is 27.1 Å². The average Bonchev–Trinajstić information content (AvgIpc) is 4.22. The van der Waals surface area contributed by atoms with Crippen molar-refractivity contribution >= 4 is 108 Å². The summed E-state index contributed by atoms with van der Waals surface area (Å²) in [7, 11) is 0. The fraction of sp³-hybridized carbons (Fsp3) is 0. The Morgan fingerprint density at radius 2 is 0.827 bits per heavy atom. The van der Waals surface area contributed by atoms with Gasteiger partial charge in [0.25, 0.3) is 0 Å². The third kappa shape index (κ3) is 6.51. The van der Waals surface area contributed by atoms with Crippen molar-refractivity contribution in [2.45, 2.75) is 0 Å². The monoisotopic (exact) mass is 972 g/mol. The second-order valence-corrected chi connectivity index (χ2v) is 20.4. The number of hydrogen-bond donors (Lipinski definition) is 0. The Bertz CT molecular complexity index is 5000. The molecule has 0 unspecified atom stereocenters. The molecule has 0 bridgehead atoms. The van der Waals surface area contributed by atoms with E-state index in [1.807, 2.05) is 0 Å². The number of hydrogen-bond acceptors (Lipinski definition) is 5. The van der Waals surface area contributed by atoms with Gasteiger partial charge in [-0.05, 0) is 92.2 Å². The Labute approximate surface area is 433 Å². The second kappa shape index (κ2) is 16.3. The van der Waals surface area contributed by atoms with Crippen LogP contribution in [0.4, 0.5) is 0 Å². The summed E-state index contributed by atoms with van der Waals surface area (Å²) in [4.78, 5) is 23.2. The minimum absolute atomic E-state index is 0.629. The molecule has 0 spiro atoms. The van der Waals surface area contributed by atoms with Crippen LogP contribution in [-0.2, 0) is 0 Å². The molecule has 75 heavy (non-hydrogen) atoms. The van der Waals surface area contributed by atoms with Crippen molar-refractivity contribution in [1.29, 1.82) is 0 Å². The standard InChI is InChI=1S/C68H40N6S/c1-4-18-43(19-5-1)61-40-56-66(75-61)64(45-22-8-3-9-23-45)71-67(69-56)73-57-34-31-48(37-54(57)55-36-46-24-10-11-25-47(46)38-60(55)73)49-29-32-52-59(39-49)74(58-35-30-41-16-12-14-26-50(41)62(52)58)68-70-63(44-20-6-2-7-21-44)53-33-28-42-17-13-15-27-51(42)65(53)72-68/h1-40H. The third-order valence-electron chi connectivity index (χ3n) is 15.1. The van der Waals surface area contributed by atoms with Crippen LogP contribution in [0, 0.1) is 0 Å². The van der Waals surface area contributed by atoms with Crippen LogP contribution in [0.2, 0.25) is 0 Å². The van der Waals surface area contributed by atoms with Gasteiger partial charge in [0.2, 0.25) is 11.9 Å². The Morgan fingerprint density at radius 1 is 0.293 bits per heavy atom. The van der Waals surface area contributed by atoms with E-state index in [0.29, 0.717) is 11.9 Å². The van der Waals surface area contributed by atoms with E-state index in [2.05, 4.69) is 252 Å². The Kier molecular flexibility index (Phi) is 9.10. The first kappa shape index (κ1) is 41.8. The summed E-state index contributed by atoms with van der Waals surface area (Å²) in [5.74, 6) is 1.27. The largest absolute Gasteiger partial charge is 0.278 e. The molecule has 0 saturated carbocycles. The molecule has 0 fully saturated rings. The van der Waals surface area contributed by atoms with Gasteiger partial charge in [0, 0.05) is 48.3 Å². The smallest absolute Gasteiger partial charge is 0.235 e. The highest BCUT2D eigenvalue weighted by Crippen LogP contribution is 2.44. The van der Waals surface area contributed by atoms with E-state index in [1.54, 1.807) is 11.3 Å². The van der Waals surface area contributed by atoms with E-state index in [-0.39, 0.29) is 0 Å². The van der Waals surface area contributed by atoms with E-state index >= 15 is 0 Å². The number of thiophene rings is 1. The lowest BCUT2D eigenvalue weighted by Gasteiger charge is -2.14. The van der Waals surface area contributed by atoms with E-state index in [9.17, 15) is 0 Å². The lowest BCUT2D eigenvalue weighted by atomic mass is 9.99. The molecule has 0 amide bonds. The van der Waals surface area contributed by atoms with Crippen LogP contribution in [0.25, 0.3) is 153 Å². The third-order valence-corrected chi connectivity index (χ3v) is 16.3. The van der Waals surface area contributed by atoms with Crippen molar-refractivity contribution in [2.75, 3.05) is 0 Å². The van der Waals surface area contributed by atoms with Crippen molar-refractivity contribution in [1.82, 2.24) is 29.1 Å². The summed E-state index contributed by atoms with van der Waals surface area (Å²) < 4.78 is 5.62. The molecule has 7 heteroatoms. The minimum atomic E-state index is 0.629. The zero-order valence-corrected chi connectivity index (χ0v) is 41.0. The molecule has 5 aromatic heterocycles. The van der Waals surface area contributed by atoms with Gasteiger partial charge in [-0.3, -0.25) is 9.13 Å². The van der Waals surface area contributed by atoms with Crippen molar-refractivity contribution in [3.63, 3.8) is 0 Å². The van der Waals surface area contributed by atoms with Gasteiger partial charge in [0.15, 0.2) is 0 Å². The minimum Gasteiger partial charge on any atom is -0.278 e. The molecule has 16 rings (SSSR count). The van der Waals surface area contributed by atoms with Crippen LogP contribution < -0.4 is 0 Å². The van der Waals surface area contributed by atoms with E-state index < -0.39 is 0 Å². The molecule has 348 valence electrons. The van der Waals surface area contributed by atoms with E-state index in [0.717, 1.165) is 114 Å². The SMILES string of the molecule is c1ccc(-c2cc3nc(-n4c5ccc(-c6ccc7c8c9ccccc9ccc8n(-c8nc(-c9ccccc9)c9ccc%10ccccc%10c9n8)c7c6)cc5c5cc6ccccc6cc54)nc(-c4ccccc4)c3s2)cc1. The van der Waals surface area contributed by atoms with Crippen molar-refractivity contribution in [3.05, 3.63) is 243 Å². The van der Waals surface area contributed by atoms with Gasteiger partial charge in [0.1, 0.15) is 0 Å². The Balaban J connectivity index is 0.945. The summed E-state index contributed by atoms with van der Waals surface area (Å²) in [6, 6.07) is 86.8. The topological polar surface area (TPSA) is 61.4 Å². The molecule has 11 aromatic carbocycles. The van der Waals surface area contributed by atoms with Crippen LogP contribution >= 0.6 is 11.3 Å². The number of benzene rings is 11. The fourth-order valence-electron chi connectivity index (χ4n) is 11.6. The molecule has 16 aromatic rings. The number of aromatic nitrogens is 6. The number of nitrogens with zero attached hydrogens (tertiary/aromatic N) is 6. The van der Waals surface area contributed by atoms with Crippen molar-refractivity contribution in [3.8, 4) is 56.0 Å². The molecule has 0 aliphatic carbocycles. The van der Waals surface area contributed by atoms with E-state index in [4.69, 9.17) is 19.9 Å². The molecular formula is C68H40N6S. The summed E-state index contributed by atoms with van der Waals surface area (Å²) in [5, 5.41) is 12.5. The summed E-state index contributed by atoms with van der Waals surface area (Å²) >= 11 is 1.74. The molecule has 0 radical (unpaired) electrons. The van der Waals surface area contributed by atoms with Gasteiger partial charge in [-0.15, -0.1) is 11.3 Å². The molecular weight excluding hydrogens is 933 g/mol.